The molecule has 0 amide bonds. The highest BCUT2D eigenvalue weighted by atomic mass is 14.7. The summed E-state index contributed by atoms with van der Waals surface area (Å²) in [7, 11) is 0. The summed E-state index contributed by atoms with van der Waals surface area (Å²) in [4.78, 5) is 3.42. The van der Waals surface area contributed by atoms with E-state index in [1.165, 1.54) is 28.8 Å². The average molecular weight is 219 g/mol. The second-order valence-corrected chi connectivity index (χ2v) is 4.58. The van der Waals surface area contributed by atoms with Crippen LogP contribution in [0, 0.1) is 0 Å². The van der Waals surface area contributed by atoms with E-state index in [1.54, 1.807) is 0 Å². The number of allylic oxidation sites excluding steroid dienone is 2. The fourth-order valence-corrected chi connectivity index (χ4v) is 2.19. The van der Waals surface area contributed by atoms with Crippen molar-refractivity contribution in [3.8, 4) is 0 Å². The molecule has 0 fully saturated rings. The molecule has 1 rings (SSSR count). The van der Waals surface area contributed by atoms with Gasteiger partial charge in [0.1, 0.15) is 0 Å². The Morgan fingerprint density at radius 2 is 1.94 bits per heavy atom. The highest BCUT2D eigenvalue weighted by Gasteiger charge is 2.13. The number of aromatic nitrogens is 1. The van der Waals surface area contributed by atoms with Crippen molar-refractivity contribution in [2.45, 2.75) is 59.8 Å². The van der Waals surface area contributed by atoms with E-state index in [4.69, 9.17) is 0 Å². The zero-order chi connectivity index (χ0) is 12.1. The second-order valence-electron chi connectivity index (χ2n) is 4.58. The standard InChI is InChI=1S/C15H25N/c1-6-11(4)13(8-3)14-9-10-16-15(14)12(5)7-2/h9-10,12,16H,6-8H2,1-5H3. The van der Waals surface area contributed by atoms with E-state index in [0.717, 1.165) is 12.8 Å². The summed E-state index contributed by atoms with van der Waals surface area (Å²) in [5, 5.41) is 0. The fraction of sp³-hybridized carbons (Fsp3) is 0.600. The summed E-state index contributed by atoms with van der Waals surface area (Å²) in [6.07, 6.45) is 5.54. The van der Waals surface area contributed by atoms with E-state index < -0.39 is 0 Å². The lowest BCUT2D eigenvalue weighted by molar-refractivity contribution is 0.710. The molecule has 1 heterocycles. The van der Waals surface area contributed by atoms with E-state index in [2.05, 4.69) is 51.9 Å². The highest BCUT2D eigenvalue weighted by molar-refractivity contribution is 5.70. The Balaban J connectivity index is 3.17. The molecule has 0 bridgehead atoms. The van der Waals surface area contributed by atoms with Crippen molar-refractivity contribution in [3.05, 3.63) is 29.1 Å². The Hall–Kier alpha value is -0.980. The SMILES string of the molecule is CCC(C)=C(CC)c1cc[nH]c1C(C)CC. The smallest absolute Gasteiger partial charge is 0.0252 e. The Kier molecular flexibility index (Phi) is 4.85. The summed E-state index contributed by atoms with van der Waals surface area (Å²) >= 11 is 0. The molecular formula is C15H25N. The third kappa shape index (κ3) is 2.58. The van der Waals surface area contributed by atoms with Gasteiger partial charge in [-0.05, 0) is 49.3 Å². The van der Waals surface area contributed by atoms with Crippen molar-refractivity contribution in [1.82, 2.24) is 4.98 Å². The normalized spacial score (nSPS) is 14.8. The molecule has 1 unspecified atom stereocenters. The predicted molar refractivity (Wildman–Crippen MR) is 72.7 cm³/mol. The molecule has 0 aromatic carbocycles. The third-order valence-corrected chi connectivity index (χ3v) is 3.61. The van der Waals surface area contributed by atoms with E-state index in [-0.39, 0.29) is 0 Å². The lowest BCUT2D eigenvalue weighted by Crippen LogP contribution is -1.97. The van der Waals surface area contributed by atoms with Gasteiger partial charge in [0.2, 0.25) is 0 Å². The maximum Gasteiger partial charge on any atom is 0.0252 e. The number of rotatable bonds is 5. The first-order valence-electron chi connectivity index (χ1n) is 6.51. The average Bonchev–Trinajstić information content (AvgIpc) is 2.77. The molecule has 16 heavy (non-hydrogen) atoms. The van der Waals surface area contributed by atoms with Crippen LogP contribution in [0.25, 0.3) is 5.57 Å². The van der Waals surface area contributed by atoms with Gasteiger partial charge in [-0.3, -0.25) is 0 Å². The van der Waals surface area contributed by atoms with Crippen LogP contribution in [0.2, 0.25) is 0 Å². The van der Waals surface area contributed by atoms with Gasteiger partial charge in [-0.15, -0.1) is 0 Å². The summed E-state index contributed by atoms with van der Waals surface area (Å²) in [5.41, 5.74) is 5.90. The van der Waals surface area contributed by atoms with Gasteiger partial charge in [0.05, 0.1) is 0 Å². The second kappa shape index (κ2) is 5.93. The molecule has 0 aliphatic rings. The topological polar surface area (TPSA) is 15.8 Å². The van der Waals surface area contributed by atoms with Gasteiger partial charge in [0, 0.05) is 11.9 Å². The van der Waals surface area contributed by atoms with Gasteiger partial charge < -0.3 is 4.98 Å². The molecule has 1 nitrogen and oxygen atoms in total. The van der Waals surface area contributed by atoms with E-state index in [9.17, 15) is 0 Å². The van der Waals surface area contributed by atoms with Gasteiger partial charge in [0.15, 0.2) is 0 Å². The highest BCUT2D eigenvalue weighted by Crippen LogP contribution is 2.31. The lowest BCUT2D eigenvalue weighted by Gasteiger charge is -2.14. The Morgan fingerprint density at radius 1 is 1.25 bits per heavy atom. The first-order valence-corrected chi connectivity index (χ1v) is 6.51. The van der Waals surface area contributed by atoms with Gasteiger partial charge in [-0.25, -0.2) is 0 Å². The molecule has 0 spiro atoms. The largest absolute Gasteiger partial charge is 0.364 e. The molecule has 0 aliphatic carbocycles. The zero-order valence-electron chi connectivity index (χ0n) is 11.4. The Labute approximate surface area is 100.0 Å². The third-order valence-electron chi connectivity index (χ3n) is 3.61. The molecule has 1 aromatic rings. The summed E-state index contributed by atoms with van der Waals surface area (Å²) in [5.74, 6) is 0.621. The predicted octanol–water partition coefficient (Wildman–Crippen LogP) is 5.12. The monoisotopic (exact) mass is 219 g/mol. The Bertz CT molecular complexity index is 357. The van der Waals surface area contributed by atoms with Gasteiger partial charge in [0.25, 0.3) is 0 Å². The number of hydrogen-bond donors (Lipinski definition) is 1. The van der Waals surface area contributed by atoms with E-state index in [1.807, 2.05) is 0 Å². The van der Waals surface area contributed by atoms with Crippen molar-refractivity contribution in [2.75, 3.05) is 0 Å². The molecule has 1 aromatic heterocycles. The molecule has 1 atom stereocenters. The minimum Gasteiger partial charge on any atom is -0.364 e. The number of hydrogen-bond acceptors (Lipinski definition) is 0. The van der Waals surface area contributed by atoms with Crippen LogP contribution in [0.4, 0.5) is 0 Å². The minimum absolute atomic E-state index is 0.621. The van der Waals surface area contributed by atoms with Crippen molar-refractivity contribution in [1.29, 1.82) is 0 Å². The van der Waals surface area contributed by atoms with Crippen LogP contribution in [0.1, 0.15) is 71.1 Å². The van der Waals surface area contributed by atoms with Crippen molar-refractivity contribution in [3.63, 3.8) is 0 Å². The van der Waals surface area contributed by atoms with E-state index in [0.29, 0.717) is 5.92 Å². The van der Waals surface area contributed by atoms with Crippen LogP contribution >= 0.6 is 0 Å². The van der Waals surface area contributed by atoms with Gasteiger partial charge in [-0.2, -0.15) is 0 Å². The quantitative estimate of drug-likeness (QED) is 0.707. The molecule has 0 radical (unpaired) electrons. The van der Waals surface area contributed by atoms with Crippen LogP contribution in [-0.4, -0.2) is 4.98 Å². The van der Waals surface area contributed by atoms with E-state index >= 15 is 0 Å². The Morgan fingerprint density at radius 3 is 2.44 bits per heavy atom. The number of nitrogens with one attached hydrogen (secondary N) is 1. The maximum atomic E-state index is 3.42. The van der Waals surface area contributed by atoms with Crippen molar-refractivity contribution in [2.24, 2.45) is 0 Å². The van der Waals surface area contributed by atoms with Crippen LogP contribution in [0.3, 0.4) is 0 Å². The molecule has 90 valence electrons. The first kappa shape index (κ1) is 13.1. The molecular weight excluding hydrogens is 194 g/mol. The number of aromatic amines is 1. The number of H-pyrrole nitrogens is 1. The summed E-state index contributed by atoms with van der Waals surface area (Å²) in [6.45, 7) is 11.3. The maximum absolute atomic E-state index is 3.42. The van der Waals surface area contributed by atoms with Gasteiger partial charge in [-0.1, -0.05) is 33.3 Å². The molecule has 1 heteroatoms. The van der Waals surface area contributed by atoms with Crippen LogP contribution in [-0.2, 0) is 0 Å². The molecule has 1 N–H and O–H groups in total. The van der Waals surface area contributed by atoms with Crippen LogP contribution in [0.15, 0.2) is 17.8 Å². The minimum atomic E-state index is 0.621. The zero-order valence-corrected chi connectivity index (χ0v) is 11.4. The fourth-order valence-electron chi connectivity index (χ4n) is 2.19. The van der Waals surface area contributed by atoms with Crippen LogP contribution < -0.4 is 0 Å². The van der Waals surface area contributed by atoms with Crippen molar-refractivity contribution >= 4 is 5.57 Å². The van der Waals surface area contributed by atoms with Crippen LogP contribution in [0.5, 0.6) is 0 Å². The van der Waals surface area contributed by atoms with Crippen molar-refractivity contribution < 1.29 is 0 Å². The van der Waals surface area contributed by atoms with Gasteiger partial charge >= 0.3 is 0 Å². The molecule has 0 saturated heterocycles. The first-order chi connectivity index (χ1) is 7.65. The molecule has 0 aliphatic heterocycles. The summed E-state index contributed by atoms with van der Waals surface area (Å²) < 4.78 is 0. The summed E-state index contributed by atoms with van der Waals surface area (Å²) in [6, 6.07) is 2.24. The lowest BCUT2D eigenvalue weighted by atomic mass is 9.92. The molecule has 0 saturated carbocycles.